The minimum absolute atomic E-state index is 0.114. The lowest BCUT2D eigenvalue weighted by Gasteiger charge is -2.15. The van der Waals surface area contributed by atoms with Gasteiger partial charge in [-0.3, -0.25) is 0 Å². The van der Waals surface area contributed by atoms with Crippen molar-refractivity contribution in [2.24, 2.45) is 0 Å². The average molecular weight is 390 g/mol. The predicted octanol–water partition coefficient (Wildman–Crippen LogP) is 4.08. The fraction of sp³-hybridized carbons (Fsp3) is 0.200. The zero-order chi connectivity index (χ0) is 16.5. The first-order valence-electron chi connectivity index (χ1n) is 6.44. The van der Waals surface area contributed by atoms with E-state index in [9.17, 15) is 17.2 Å². The van der Waals surface area contributed by atoms with Crippen LogP contribution in [0.15, 0.2) is 45.8 Å². The van der Waals surface area contributed by atoms with Crippen molar-refractivity contribution in [2.45, 2.75) is 24.8 Å². The molecule has 2 aromatic carbocycles. The molecule has 3 nitrogen and oxygen atoms in total. The fourth-order valence-electron chi connectivity index (χ4n) is 1.93. The number of benzene rings is 2. The molecule has 22 heavy (non-hydrogen) atoms. The lowest BCUT2D eigenvalue weighted by molar-refractivity contribution is 0.504. The molecule has 0 saturated carbocycles. The van der Waals surface area contributed by atoms with Gasteiger partial charge >= 0.3 is 0 Å². The van der Waals surface area contributed by atoms with Crippen molar-refractivity contribution in [1.82, 2.24) is 4.72 Å². The van der Waals surface area contributed by atoms with Crippen LogP contribution in [0.1, 0.15) is 24.1 Å². The van der Waals surface area contributed by atoms with Gasteiger partial charge < -0.3 is 0 Å². The van der Waals surface area contributed by atoms with Gasteiger partial charge in [0, 0.05) is 10.5 Å². The summed E-state index contributed by atoms with van der Waals surface area (Å²) in [5, 5.41) is 0. The first kappa shape index (κ1) is 17.1. The van der Waals surface area contributed by atoms with E-state index < -0.39 is 27.7 Å². The van der Waals surface area contributed by atoms with Gasteiger partial charge in [0.25, 0.3) is 0 Å². The number of aryl methyl sites for hydroxylation is 1. The first-order valence-corrected chi connectivity index (χ1v) is 8.72. The molecule has 0 fully saturated rings. The summed E-state index contributed by atoms with van der Waals surface area (Å²) < 4.78 is 54.1. The van der Waals surface area contributed by atoms with Crippen LogP contribution in [0.5, 0.6) is 0 Å². The molecule has 0 bridgehead atoms. The molecule has 0 radical (unpaired) electrons. The smallest absolute Gasteiger partial charge is 0.207 e. The maximum atomic E-state index is 13.2. The minimum atomic E-state index is -3.76. The van der Waals surface area contributed by atoms with Crippen LogP contribution in [0.3, 0.4) is 0 Å². The zero-order valence-corrected chi connectivity index (χ0v) is 14.3. The van der Waals surface area contributed by atoms with Gasteiger partial charge in [0.1, 0.15) is 0 Å². The molecular weight excluding hydrogens is 376 g/mol. The Morgan fingerprint density at radius 3 is 2.36 bits per heavy atom. The minimum Gasteiger partial charge on any atom is -0.207 e. The number of hydrogen-bond donors (Lipinski definition) is 1. The van der Waals surface area contributed by atoms with Gasteiger partial charge in [-0.25, -0.2) is 21.9 Å². The second kappa shape index (κ2) is 6.44. The Balaban J connectivity index is 2.27. The van der Waals surface area contributed by atoms with Crippen molar-refractivity contribution >= 4 is 26.0 Å². The van der Waals surface area contributed by atoms with Crippen molar-refractivity contribution in [3.8, 4) is 0 Å². The van der Waals surface area contributed by atoms with Crippen LogP contribution in [0.4, 0.5) is 8.78 Å². The summed E-state index contributed by atoms with van der Waals surface area (Å²) in [6, 6.07) is 7.25. The SMILES string of the molecule is Cc1cc(S(=O)(=O)NC(C)c2ccc(F)c(F)c2)ccc1Br. The standard InChI is InChI=1S/C15H14BrF2NO2S/c1-9-7-12(4-5-13(9)16)22(20,21)19-10(2)11-3-6-14(17)15(18)8-11/h3-8,10,19H,1-2H3. The third kappa shape index (κ3) is 3.71. The Bertz CT molecular complexity index is 809. The number of rotatable bonds is 4. The lowest BCUT2D eigenvalue weighted by atomic mass is 10.1. The maximum Gasteiger partial charge on any atom is 0.241 e. The van der Waals surface area contributed by atoms with Gasteiger partial charge in [-0.1, -0.05) is 22.0 Å². The molecule has 1 N–H and O–H groups in total. The van der Waals surface area contributed by atoms with E-state index >= 15 is 0 Å². The van der Waals surface area contributed by atoms with Gasteiger partial charge in [0.2, 0.25) is 10.0 Å². The largest absolute Gasteiger partial charge is 0.241 e. The van der Waals surface area contributed by atoms with E-state index in [2.05, 4.69) is 20.7 Å². The number of halogens is 3. The summed E-state index contributed by atoms with van der Waals surface area (Å²) in [4.78, 5) is 0.114. The molecule has 0 heterocycles. The van der Waals surface area contributed by atoms with Crippen LogP contribution in [0.2, 0.25) is 0 Å². The molecule has 1 unspecified atom stereocenters. The van der Waals surface area contributed by atoms with E-state index in [1.54, 1.807) is 19.9 Å². The second-order valence-corrected chi connectivity index (χ2v) is 7.50. The van der Waals surface area contributed by atoms with Crippen LogP contribution in [-0.2, 0) is 10.0 Å². The molecule has 0 spiro atoms. The predicted molar refractivity (Wildman–Crippen MR) is 84.0 cm³/mol. The van der Waals surface area contributed by atoms with Gasteiger partial charge in [0.05, 0.1) is 4.90 Å². The van der Waals surface area contributed by atoms with E-state index in [1.165, 1.54) is 18.2 Å². The molecule has 118 valence electrons. The average Bonchev–Trinajstić information content (AvgIpc) is 2.44. The molecule has 0 amide bonds. The van der Waals surface area contributed by atoms with E-state index in [4.69, 9.17) is 0 Å². The highest BCUT2D eigenvalue weighted by atomic mass is 79.9. The number of hydrogen-bond acceptors (Lipinski definition) is 2. The Morgan fingerprint density at radius 1 is 1.09 bits per heavy atom. The summed E-state index contributed by atoms with van der Waals surface area (Å²) in [6.07, 6.45) is 0. The van der Waals surface area contributed by atoms with Crippen molar-refractivity contribution in [3.63, 3.8) is 0 Å². The first-order chi connectivity index (χ1) is 10.2. The van der Waals surface area contributed by atoms with Gasteiger partial charge in [-0.2, -0.15) is 0 Å². The Morgan fingerprint density at radius 2 is 1.77 bits per heavy atom. The van der Waals surface area contributed by atoms with E-state index in [0.717, 1.165) is 22.2 Å². The third-order valence-electron chi connectivity index (χ3n) is 3.22. The van der Waals surface area contributed by atoms with Crippen molar-refractivity contribution in [1.29, 1.82) is 0 Å². The van der Waals surface area contributed by atoms with Crippen molar-refractivity contribution in [2.75, 3.05) is 0 Å². The van der Waals surface area contributed by atoms with E-state index in [1.807, 2.05) is 0 Å². The molecule has 0 aliphatic carbocycles. The van der Waals surface area contributed by atoms with E-state index in [-0.39, 0.29) is 4.90 Å². The topological polar surface area (TPSA) is 46.2 Å². The molecule has 0 aliphatic heterocycles. The highest BCUT2D eigenvalue weighted by molar-refractivity contribution is 9.10. The molecule has 0 aliphatic rings. The molecule has 0 saturated heterocycles. The highest BCUT2D eigenvalue weighted by Gasteiger charge is 2.19. The normalized spacial score (nSPS) is 13.1. The second-order valence-electron chi connectivity index (χ2n) is 4.93. The molecule has 7 heteroatoms. The van der Waals surface area contributed by atoms with Crippen molar-refractivity contribution in [3.05, 3.63) is 63.6 Å². The molecule has 2 aromatic rings. The summed E-state index contributed by atoms with van der Waals surface area (Å²) in [7, 11) is -3.76. The summed E-state index contributed by atoms with van der Waals surface area (Å²) >= 11 is 3.31. The quantitative estimate of drug-likeness (QED) is 0.856. The molecular formula is C15H14BrF2NO2S. The fourth-order valence-corrected chi connectivity index (χ4v) is 3.50. The number of nitrogens with one attached hydrogen (secondary N) is 1. The maximum absolute atomic E-state index is 13.2. The number of sulfonamides is 1. The van der Waals surface area contributed by atoms with Crippen LogP contribution in [0.25, 0.3) is 0 Å². The van der Waals surface area contributed by atoms with Gasteiger partial charge in [0.15, 0.2) is 11.6 Å². The van der Waals surface area contributed by atoms with Crippen LogP contribution >= 0.6 is 15.9 Å². The lowest BCUT2D eigenvalue weighted by Crippen LogP contribution is -2.27. The third-order valence-corrected chi connectivity index (χ3v) is 5.64. The highest BCUT2D eigenvalue weighted by Crippen LogP contribution is 2.22. The molecule has 1 atom stereocenters. The van der Waals surface area contributed by atoms with Crippen molar-refractivity contribution < 1.29 is 17.2 Å². The molecule has 2 rings (SSSR count). The monoisotopic (exact) mass is 389 g/mol. The Labute approximate surface area is 136 Å². The van der Waals surface area contributed by atoms with Gasteiger partial charge in [-0.15, -0.1) is 0 Å². The van der Waals surface area contributed by atoms with Crippen LogP contribution in [0, 0.1) is 18.6 Å². The summed E-state index contributed by atoms with van der Waals surface area (Å²) in [5.74, 6) is -1.98. The van der Waals surface area contributed by atoms with E-state index in [0.29, 0.717) is 5.56 Å². The summed E-state index contributed by atoms with van der Waals surface area (Å²) in [5.41, 5.74) is 1.12. The van der Waals surface area contributed by atoms with Crippen LogP contribution in [-0.4, -0.2) is 8.42 Å². The Hall–Kier alpha value is -1.31. The van der Waals surface area contributed by atoms with Crippen LogP contribution < -0.4 is 4.72 Å². The zero-order valence-electron chi connectivity index (χ0n) is 11.9. The van der Waals surface area contributed by atoms with Gasteiger partial charge in [-0.05, 0) is 55.3 Å². The Kier molecular flexibility index (Phi) is 4.99. The summed E-state index contributed by atoms with van der Waals surface area (Å²) in [6.45, 7) is 3.35. The molecule has 0 aromatic heterocycles.